The van der Waals surface area contributed by atoms with Crippen LogP contribution in [-0.2, 0) is 28.4 Å². The highest BCUT2D eigenvalue weighted by molar-refractivity contribution is 5.28. The normalized spacial score (nSPS) is 51.8. The van der Waals surface area contributed by atoms with Crippen LogP contribution in [0.3, 0.4) is 0 Å². The number of ether oxygens (including phenoxy) is 6. The summed E-state index contributed by atoms with van der Waals surface area (Å²) < 4.78 is 36.4. The lowest BCUT2D eigenvalue weighted by Crippen LogP contribution is -2.63. The number of aliphatic hydroxyl groups is 13. The van der Waals surface area contributed by atoms with E-state index in [0.29, 0.717) is 31.6 Å². The van der Waals surface area contributed by atoms with Crippen LogP contribution in [0.1, 0.15) is 86.0 Å². The van der Waals surface area contributed by atoms with E-state index in [1.54, 1.807) is 0 Å². The molecule has 370 valence electrons. The topological polar surface area (TPSA) is 318 Å². The van der Waals surface area contributed by atoms with E-state index < -0.39 is 142 Å². The van der Waals surface area contributed by atoms with Crippen LogP contribution in [0.2, 0.25) is 0 Å². The van der Waals surface area contributed by atoms with Gasteiger partial charge in [-0.05, 0) is 85.9 Å². The van der Waals surface area contributed by atoms with E-state index in [2.05, 4.69) is 33.8 Å². The highest BCUT2D eigenvalue weighted by Crippen LogP contribution is 2.68. The van der Waals surface area contributed by atoms with Gasteiger partial charge in [-0.15, -0.1) is 0 Å². The molecule has 0 amide bonds. The Bertz CT molecular complexity index is 1570. The summed E-state index contributed by atoms with van der Waals surface area (Å²) in [6.07, 6.45) is -19.1. The van der Waals surface area contributed by atoms with Crippen molar-refractivity contribution in [3.63, 3.8) is 0 Å². The Balaban J connectivity index is 1.13. The lowest BCUT2D eigenvalue weighted by Gasteiger charge is -2.60. The lowest BCUT2D eigenvalue weighted by atomic mass is 9.46. The SMILES string of the molecule is CC(C)CC[C@H](O)[C@@H](C)[C@H]1[C@@H](O[C@@H]2O[C@H](CO)[C@@H](O)[C@H](O)[C@H]2O)C[C@H]2[C@@H]3CC=C4C[C@@H](O)C[C@@H](O[C@@H]5O[C@H](CO[C@@H]6O[C@H](CO)[C@H](O)[C@H](O)[C@H]6O)[C@@H](O)[C@H](O)[C@H]5O)[C@]4(C)[C@H]3CCC12C. The monoisotopic (exact) mass is 920 g/mol. The smallest absolute Gasteiger partial charge is 0.187 e. The number of rotatable bonds is 14. The quantitative estimate of drug-likeness (QED) is 0.0821. The van der Waals surface area contributed by atoms with Crippen molar-refractivity contribution in [1.82, 2.24) is 0 Å². The maximum atomic E-state index is 11.7. The standard InChI is InChI=1S/C45H76O19/c1-18(2)6-9-25(49)19(3)31-26(60-42-39(57)36(54)33(51)28(16-47)62-42)14-24-22-8-7-20-12-21(48)13-30(45(20,5)23(22)10-11-44(24,31)4)64-43-40(58)37(55)34(52)29(63-43)17-59-41-38(56)35(53)32(50)27(15-46)61-41/h7,18-19,21-43,46-58H,6,8-17H2,1-5H3/t19-,21-,22-,23+,24+,25+,26+,27-,28-,29-,30-,31+,32+,33-,34-,35+,36+,37+,38-,39-,40-,41-,42-,43+,44?,45+/m1/s1. The molecule has 19 nitrogen and oxygen atoms in total. The van der Waals surface area contributed by atoms with Gasteiger partial charge in [-0.1, -0.05) is 46.3 Å². The summed E-state index contributed by atoms with van der Waals surface area (Å²) in [6, 6.07) is 0. The van der Waals surface area contributed by atoms with Gasteiger partial charge in [-0.3, -0.25) is 0 Å². The molecule has 7 aliphatic rings. The van der Waals surface area contributed by atoms with E-state index in [1.165, 1.54) is 0 Å². The molecule has 13 N–H and O–H groups in total. The van der Waals surface area contributed by atoms with Crippen molar-refractivity contribution in [2.75, 3.05) is 19.8 Å². The molecule has 4 aliphatic carbocycles. The molecule has 7 rings (SSSR count). The molecule has 3 aliphatic heterocycles. The van der Waals surface area contributed by atoms with Gasteiger partial charge in [0.15, 0.2) is 18.9 Å². The minimum absolute atomic E-state index is 0.0162. The van der Waals surface area contributed by atoms with Gasteiger partial charge in [0.2, 0.25) is 0 Å². The molecular formula is C45H76O19. The van der Waals surface area contributed by atoms with Gasteiger partial charge < -0.3 is 94.8 Å². The Morgan fingerprint density at radius 3 is 1.81 bits per heavy atom. The summed E-state index contributed by atoms with van der Waals surface area (Å²) in [4.78, 5) is 0. The van der Waals surface area contributed by atoms with Crippen molar-refractivity contribution in [2.24, 2.45) is 46.3 Å². The second-order valence-electron chi connectivity index (χ2n) is 21.0. The van der Waals surface area contributed by atoms with E-state index in [9.17, 15) is 66.4 Å². The highest BCUT2D eigenvalue weighted by atomic mass is 16.7. The van der Waals surface area contributed by atoms with E-state index in [0.717, 1.165) is 24.8 Å². The minimum Gasteiger partial charge on any atom is -0.394 e. The zero-order chi connectivity index (χ0) is 46.7. The fourth-order valence-corrected chi connectivity index (χ4v) is 13.1. The van der Waals surface area contributed by atoms with Crippen molar-refractivity contribution in [1.29, 1.82) is 0 Å². The Labute approximate surface area is 374 Å². The summed E-state index contributed by atoms with van der Waals surface area (Å²) in [5.74, 6) is -0.0300. The average molecular weight is 921 g/mol. The number of hydrogen-bond donors (Lipinski definition) is 13. The van der Waals surface area contributed by atoms with Crippen LogP contribution >= 0.6 is 0 Å². The molecule has 0 radical (unpaired) electrons. The molecule has 26 atom stereocenters. The first-order chi connectivity index (χ1) is 30.2. The van der Waals surface area contributed by atoms with Gasteiger partial charge in [0, 0.05) is 11.8 Å². The maximum absolute atomic E-state index is 11.7. The summed E-state index contributed by atoms with van der Waals surface area (Å²) in [7, 11) is 0. The first kappa shape index (κ1) is 50.8. The van der Waals surface area contributed by atoms with Gasteiger partial charge in [-0.2, -0.15) is 0 Å². The third-order valence-corrected chi connectivity index (χ3v) is 16.8. The second-order valence-corrected chi connectivity index (χ2v) is 21.0. The Morgan fingerprint density at radius 2 is 1.22 bits per heavy atom. The number of allylic oxidation sites excluding steroid dienone is 1. The Hall–Kier alpha value is -1.02. The Morgan fingerprint density at radius 1 is 0.672 bits per heavy atom. The first-order valence-electron chi connectivity index (χ1n) is 23.5. The first-order valence-corrected chi connectivity index (χ1v) is 23.5. The molecule has 0 aromatic carbocycles. The van der Waals surface area contributed by atoms with Crippen molar-refractivity contribution >= 4 is 0 Å². The molecule has 6 fully saturated rings. The van der Waals surface area contributed by atoms with Gasteiger partial charge in [0.25, 0.3) is 0 Å². The van der Waals surface area contributed by atoms with Gasteiger partial charge in [0.1, 0.15) is 73.2 Å². The van der Waals surface area contributed by atoms with Crippen molar-refractivity contribution in [2.45, 2.75) is 203 Å². The third kappa shape index (κ3) is 9.25. The maximum Gasteiger partial charge on any atom is 0.187 e. The Kier molecular flexibility index (Phi) is 16.0. The van der Waals surface area contributed by atoms with Gasteiger partial charge in [0.05, 0.1) is 44.2 Å². The predicted molar refractivity (Wildman–Crippen MR) is 221 cm³/mol. The number of aliphatic hydroxyl groups excluding tert-OH is 13. The molecule has 0 spiro atoms. The molecular weight excluding hydrogens is 844 g/mol. The fourth-order valence-electron chi connectivity index (χ4n) is 13.1. The second kappa shape index (κ2) is 20.1. The number of hydrogen-bond acceptors (Lipinski definition) is 19. The largest absolute Gasteiger partial charge is 0.394 e. The van der Waals surface area contributed by atoms with E-state index in [-0.39, 0.29) is 41.4 Å². The third-order valence-electron chi connectivity index (χ3n) is 16.8. The molecule has 0 bridgehead atoms. The van der Waals surface area contributed by atoms with Crippen LogP contribution in [-0.4, -0.2) is 203 Å². The molecule has 0 aromatic rings. The fraction of sp³-hybridized carbons (Fsp3) is 0.956. The minimum atomic E-state index is -1.76. The predicted octanol–water partition coefficient (Wildman–Crippen LogP) is -2.23. The van der Waals surface area contributed by atoms with Crippen LogP contribution in [0.4, 0.5) is 0 Å². The lowest BCUT2D eigenvalue weighted by molar-refractivity contribution is -0.342. The highest BCUT2D eigenvalue weighted by Gasteiger charge is 2.65. The average Bonchev–Trinajstić information content (AvgIpc) is 3.56. The molecule has 64 heavy (non-hydrogen) atoms. The van der Waals surface area contributed by atoms with Crippen molar-refractivity contribution in [3.05, 3.63) is 11.6 Å². The van der Waals surface area contributed by atoms with E-state index >= 15 is 0 Å². The summed E-state index contributed by atoms with van der Waals surface area (Å²) >= 11 is 0. The van der Waals surface area contributed by atoms with Crippen LogP contribution in [0.15, 0.2) is 11.6 Å². The van der Waals surface area contributed by atoms with Crippen molar-refractivity contribution < 1.29 is 94.8 Å². The summed E-state index contributed by atoms with van der Waals surface area (Å²) in [6.45, 7) is 8.79. The van der Waals surface area contributed by atoms with Crippen LogP contribution in [0.25, 0.3) is 0 Å². The summed E-state index contributed by atoms with van der Waals surface area (Å²) in [5, 5.41) is 139. The number of fused-ring (bicyclic) bond motifs is 5. The van der Waals surface area contributed by atoms with E-state index in [1.807, 2.05) is 6.92 Å². The molecule has 3 saturated carbocycles. The van der Waals surface area contributed by atoms with Crippen LogP contribution in [0.5, 0.6) is 0 Å². The molecule has 3 heterocycles. The van der Waals surface area contributed by atoms with Crippen molar-refractivity contribution in [3.8, 4) is 0 Å². The molecule has 3 saturated heterocycles. The van der Waals surface area contributed by atoms with Crippen LogP contribution < -0.4 is 0 Å². The molecule has 0 aromatic heterocycles. The zero-order valence-electron chi connectivity index (χ0n) is 37.6. The molecule has 19 heteroatoms. The van der Waals surface area contributed by atoms with Gasteiger partial charge in [-0.25, -0.2) is 0 Å². The molecule has 1 unspecified atom stereocenters. The van der Waals surface area contributed by atoms with Gasteiger partial charge >= 0.3 is 0 Å². The summed E-state index contributed by atoms with van der Waals surface area (Å²) in [5.41, 5.74) is -0.0819. The van der Waals surface area contributed by atoms with Crippen LogP contribution in [0, 0.1) is 46.3 Å². The van der Waals surface area contributed by atoms with E-state index in [4.69, 9.17) is 28.4 Å². The zero-order valence-corrected chi connectivity index (χ0v) is 37.6.